The summed E-state index contributed by atoms with van der Waals surface area (Å²) in [6.45, 7) is 0. The van der Waals surface area contributed by atoms with Crippen LogP contribution in [-0.4, -0.2) is 73.7 Å². The number of amides is 1. The lowest BCUT2D eigenvalue weighted by Gasteiger charge is -2.60. The molecule has 1 atom stereocenters. The molecule has 0 saturated heterocycles. The second-order valence-corrected chi connectivity index (χ2v) is 9.65. The Morgan fingerprint density at radius 3 is 2.24 bits per heavy atom. The lowest BCUT2D eigenvalue weighted by Crippen LogP contribution is -2.58. The molecule has 12 heteroatoms. The number of nitrogens with one attached hydrogen (secondary N) is 1. The maximum Gasteiger partial charge on any atom is 0.225 e. The Morgan fingerprint density at radius 1 is 1.16 bits per heavy atom. The topological polar surface area (TPSA) is 58.9 Å². The summed E-state index contributed by atoms with van der Waals surface area (Å²) in [5, 5.41) is 1.35. The number of halogens is 1. The van der Waals surface area contributed by atoms with Gasteiger partial charge in [0, 0.05) is 16.2 Å². The van der Waals surface area contributed by atoms with E-state index >= 15 is 0 Å². The third-order valence-corrected chi connectivity index (χ3v) is 8.14. The summed E-state index contributed by atoms with van der Waals surface area (Å²) in [5.74, 6) is -0.641. The summed E-state index contributed by atoms with van der Waals surface area (Å²) >= 11 is 6.57. The number of benzene rings is 1. The van der Waals surface area contributed by atoms with E-state index in [1.807, 2.05) is 7.85 Å². The van der Waals surface area contributed by atoms with Crippen molar-refractivity contribution in [2.24, 2.45) is 5.73 Å². The number of carbonyl (C=O) groups excluding carboxylic acids is 1. The van der Waals surface area contributed by atoms with E-state index in [9.17, 15) is 4.79 Å². The first-order valence-electron chi connectivity index (χ1n) is 8.88. The van der Waals surface area contributed by atoms with Crippen molar-refractivity contribution < 1.29 is 4.79 Å². The number of carbonyl (C=O) groups is 1. The molecule has 0 radical (unpaired) electrons. The zero-order chi connectivity index (χ0) is 19.1. The summed E-state index contributed by atoms with van der Waals surface area (Å²) in [6.07, 6.45) is 0. The number of aromatic amines is 1. The third kappa shape index (κ3) is 2.14. The fourth-order valence-electron chi connectivity index (χ4n) is 4.93. The van der Waals surface area contributed by atoms with Gasteiger partial charge in [0.05, 0.1) is 37.3 Å². The number of primary amides is 1. The standard InChI is InChI=1S/C13H21B8ClN2O/c14-2-1-3-4(7(15)8(2)22)5-9(24-3)6(10(23)25)12(18,19)13(20,21)11(5,16)17/h1,6,24H,14-21H2,(H2,23,25). The molecular formula is C13H21B8ClN2O. The zero-order valence-corrected chi connectivity index (χ0v) is 17.3. The normalized spacial score (nSPS) is 23.2. The van der Waals surface area contributed by atoms with E-state index in [0.717, 1.165) is 32.5 Å². The number of aromatic nitrogens is 1. The van der Waals surface area contributed by atoms with Gasteiger partial charge in [-0.05, 0) is 17.0 Å². The van der Waals surface area contributed by atoms with Crippen LogP contribution >= 0.6 is 11.6 Å². The van der Waals surface area contributed by atoms with Crippen molar-refractivity contribution >= 4 is 102 Å². The molecule has 25 heavy (non-hydrogen) atoms. The van der Waals surface area contributed by atoms with Gasteiger partial charge in [0.15, 0.2) is 0 Å². The molecule has 0 aliphatic heterocycles. The van der Waals surface area contributed by atoms with E-state index in [-0.39, 0.29) is 27.5 Å². The molecule has 3 nitrogen and oxygen atoms in total. The molecule has 0 bridgehead atoms. The first kappa shape index (κ1) is 18.8. The van der Waals surface area contributed by atoms with E-state index in [0.29, 0.717) is 0 Å². The molecule has 1 aromatic carbocycles. The monoisotopic (exact) mass is 344 g/mol. The van der Waals surface area contributed by atoms with Gasteiger partial charge in [-0.1, -0.05) is 38.2 Å². The summed E-state index contributed by atoms with van der Waals surface area (Å²) in [4.78, 5) is 16.0. The van der Waals surface area contributed by atoms with Crippen molar-refractivity contribution in [2.75, 3.05) is 0 Å². The fraction of sp³-hybridized carbons (Fsp3) is 0.308. The van der Waals surface area contributed by atoms with Crippen molar-refractivity contribution in [1.29, 1.82) is 0 Å². The smallest absolute Gasteiger partial charge is 0.225 e. The van der Waals surface area contributed by atoms with Crippen LogP contribution < -0.4 is 16.7 Å². The van der Waals surface area contributed by atoms with Crippen LogP contribution in [0.2, 0.25) is 15.5 Å². The van der Waals surface area contributed by atoms with Gasteiger partial charge in [0.2, 0.25) is 5.91 Å². The number of nitrogens with two attached hydrogens (primary N) is 1. The first-order valence-corrected chi connectivity index (χ1v) is 9.25. The van der Waals surface area contributed by atoms with Gasteiger partial charge in [-0.15, -0.1) is 0 Å². The molecule has 1 amide bonds. The Morgan fingerprint density at radius 2 is 1.72 bits per heavy atom. The van der Waals surface area contributed by atoms with E-state index in [1.54, 1.807) is 0 Å². The molecule has 1 aliphatic rings. The molecule has 120 valence electrons. The molecule has 3 rings (SSSR count). The molecule has 1 unspecified atom stereocenters. The van der Waals surface area contributed by atoms with Crippen molar-refractivity contribution in [2.45, 2.75) is 21.6 Å². The Hall–Kier alpha value is -0.961. The lowest BCUT2D eigenvalue weighted by molar-refractivity contribution is -0.120. The highest BCUT2D eigenvalue weighted by atomic mass is 35.5. The van der Waals surface area contributed by atoms with E-state index in [1.165, 1.54) is 5.56 Å². The van der Waals surface area contributed by atoms with Crippen LogP contribution in [0.1, 0.15) is 17.2 Å². The van der Waals surface area contributed by atoms with Crippen LogP contribution in [0.25, 0.3) is 10.9 Å². The van der Waals surface area contributed by atoms with E-state index in [4.69, 9.17) is 17.3 Å². The van der Waals surface area contributed by atoms with Crippen LogP contribution in [0.5, 0.6) is 0 Å². The number of H-pyrrole nitrogens is 1. The number of rotatable bonds is 1. The van der Waals surface area contributed by atoms with Crippen LogP contribution in [0.4, 0.5) is 0 Å². The number of hydrogen-bond donors (Lipinski definition) is 2. The SMILES string of the molecule is Bc1cc2[nH]c3c(c2c(B)c1Cl)C(B)(B)C(B)(B)C(B)(B)C3C(N)=O. The van der Waals surface area contributed by atoms with Crippen LogP contribution in [0.3, 0.4) is 0 Å². The average molecular weight is 343 g/mol. The van der Waals surface area contributed by atoms with Crippen molar-refractivity contribution in [3.63, 3.8) is 0 Å². The summed E-state index contributed by atoms with van der Waals surface area (Å²) < 4.78 is 0. The van der Waals surface area contributed by atoms with Gasteiger partial charge in [0.1, 0.15) is 31.4 Å². The molecule has 1 aromatic heterocycles. The number of fused-ring (bicyclic) bond motifs is 3. The second kappa shape index (κ2) is 5.28. The summed E-state index contributed by atoms with van der Waals surface area (Å²) in [5.41, 5.74) is 11.2. The number of hydrogen-bond acceptors (Lipinski definition) is 1. The van der Waals surface area contributed by atoms with Crippen molar-refractivity contribution in [1.82, 2.24) is 4.98 Å². The molecule has 0 saturated carbocycles. The Kier molecular flexibility index (Phi) is 3.97. The Bertz CT molecular complexity index is 923. The van der Waals surface area contributed by atoms with Gasteiger partial charge >= 0.3 is 0 Å². The van der Waals surface area contributed by atoms with Gasteiger partial charge in [0.25, 0.3) is 0 Å². The van der Waals surface area contributed by atoms with Crippen LogP contribution in [0.15, 0.2) is 6.07 Å². The summed E-state index contributed by atoms with van der Waals surface area (Å²) in [6, 6.07) is 2.08. The van der Waals surface area contributed by atoms with Gasteiger partial charge in [-0.25, -0.2) is 0 Å². The minimum atomic E-state index is -0.364. The average Bonchev–Trinajstić information content (AvgIpc) is 2.82. The highest BCUT2D eigenvalue weighted by Crippen LogP contribution is 2.65. The molecule has 0 fully saturated rings. The largest absolute Gasteiger partial charge is 0.369 e. The highest BCUT2D eigenvalue weighted by Gasteiger charge is 2.58. The predicted molar refractivity (Wildman–Crippen MR) is 130 cm³/mol. The first-order chi connectivity index (χ1) is 11.3. The Labute approximate surface area is 161 Å². The highest BCUT2D eigenvalue weighted by molar-refractivity contribution is 6.63. The molecule has 0 spiro atoms. The van der Waals surface area contributed by atoms with Crippen molar-refractivity contribution in [3.05, 3.63) is 22.3 Å². The minimum absolute atomic E-state index is 0.147. The predicted octanol–water partition coefficient (Wildman–Crippen LogP) is -6.90. The Balaban J connectivity index is 2.55. The van der Waals surface area contributed by atoms with Gasteiger partial charge in [-0.3, -0.25) is 4.79 Å². The molecule has 2 aromatic rings. The van der Waals surface area contributed by atoms with Crippen LogP contribution in [0, 0.1) is 0 Å². The van der Waals surface area contributed by atoms with Gasteiger partial charge < -0.3 is 10.7 Å². The maximum absolute atomic E-state index is 12.5. The third-order valence-electron chi connectivity index (χ3n) is 7.56. The van der Waals surface area contributed by atoms with Gasteiger partial charge in [-0.2, -0.15) is 0 Å². The quantitative estimate of drug-likeness (QED) is 0.497. The van der Waals surface area contributed by atoms with Crippen molar-refractivity contribution in [3.8, 4) is 0 Å². The van der Waals surface area contributed by atoms with E-state index < -0.39 is 0 Å². The lowest BCUT2D eigenvalue weighted by atomic mass is 9.13. The molecule has 1 aliphatic carbocycles. The van der Waals surface area contributed by atoms with E-state index in [2.05, 4.69) is 66.0 Å². The van der Waals surface area contributed by atoms with Crippen LogP contribution in [-0.2, 0) is 10.0 Å². The maximum atomic E-state index is 12.5. The summed E-state index contributed by atoms with van der Waals surface area (Å²) in [7, 11) is 17.4. The minimum Gasteiger partial charge on any atom is -0.369 e. The molecular weight excluding hydrogens is 322 g/mol. The molecule has 1 heterocycles. The zero-order valence-electron chi connectivity index (χ0n) is 16.5. The second-order valence-electron chi connectivity index (χ2n) is 9.28. The fourth-order valence-corrected chi connectivity index (χ4v) is 5.07. The molecule has 3 N–H and O–H groups in total.